The Balaban J connectivity index is 1.97. The Kier molecular flexibility index (Phi) is 4.57. The first-order chi connectivity index (χ1) is 9.49. The number of piperazine rings is 1. The summed E-state index contributed by atoms with van der Waals surface area (Å²) >= 11 is 5.76. The van der Waals surface area contributed by atoms with Gasteiger partial charge >= 0.3 is 0 Å². The molecule has 0 unspecified atom stereocenters. The Morgan fingerprint density at radius 2 is 1.90 bits per heavy atom. The fourth-order valence-corrected chi connectivity index (χ4v) is 2.29. The predicted molar refractivity (Wildman–Crippen MR) is 73.4 cm³/mol. The van der Waals surface area contributed by atoms with E-state index < -0.39 is 6.10 Å². The Morgan fingerprint density at radius 3 is 2.45 bits per heavy atom. The van der Waals surface area contributed by atoms with E-state index in [4.69, 9.17) is 11.6 Å². The number of aliphatic hydroxyl groups excluding tert-OH is 1. The van der Waals surface area contributed by atoms with Gasteiger partial charge in [0.1, 0.15) is 11.3 Å². The number of halogens is 1. The first-order valence-corrected chi connectivity index (χ1v) is 6.74. The average molecular weight is 298 g/mol. The van der Waals surface area contributed by atoms with Gasteiger partial charge in [-0.25, -0.2) is 4.98 Å². The molecule has 1 atom stereocenters. The molecule has 0 radical (unpaired) electrons. The van der Waals surface area contributed by atoms with Crippen LogP contribution in [0.25, 0.3) is 0 Å². The van der Waals surface area contributed by atoms with E-state index in [-0.39, 0.29) is 17.0 Å². The monoisotopic (exact) mass is 297 g/mol. The van der Waals surface area contributed by atoms with Gasteiger partial charge in [-0.1, -0.05) is 11.6 Å². The Morgan fingerprint density at radius 1 is 1.30 bits per heavy atom. The summed E-state index contributed by atoms with van der Waals surface area (Å²) in [5.74, 6) is -0.428. The summed E-state index contributed by atoms with van der Waals surface area (Å²) < 4.78 is 0. The number of amides is 2. The number of hydrogen-bond donors (Lipinski definition) is 1. The second-order valence-electron chi connectivity index (χ2n) is 4.66. The first-order valence-electron chi connectivity index (χ1n) is 6.36. The summed E-state index contributed by atoms with van der Waals surface area (Å²) in [5.41, 5.74) is 0.486. The van der Waals surface area contributed by atoms with Crippen LogP contribution in [0.15, 0.2) is 18.3 Å². The van der Waals surface area contributed by atoms with Gasteiger partial charge in [-0.15, -0.1) is 0 Å². The molecule has 108 valence electrons. The topological polar surface area (TPSA) is 73.7 Å². The van der Waals surface area contributed by atoms with E-state index in [1.165, 1.54) is 19.2 Å². The molecule has 1 fully saturated rings. The molecule has 1 aliphatic rings. The molecule has 20 heavy (non-hydrogen) atoms. The van der Waals surface area contributed by atoms with E-state index >= 15 is 0 Å². The van der Waals surface area contributed by atoms with E-state index in [0.717, 1.165) is 0 Å². The molecule has 1 aromatic rings. The number of carbonyl (C=O) groups is 2. The maximum atomic E-state index is 12.2. The van der Waals surface area contributed by atoms with Crippen LogP contribution in [0.1, 0.15) is 17.3 Å². The van der Waals surface area contributed by atoms with Gasteiger partial charge in [-0.2, -0.15) is 0 Å². The highest BCUT2D eigenvalue weighted by Crippen LogP contribution is 2.12. The van der Waals surface area contributed by atoms with E-state index in [9.17, 15) is 14.7 Å². The van der Waals surface area contributed by atoms with Gasteiger partial charge in [-0.05, 0) is 19.1 Å². The number of pyridine rings is 1. The van der Waals surface area contributed by atoms with E-state index in [1.54, 1.807) is 15.9 Å². The SMILES string of the molecule is C[C@H](O)C(=O)N1CCN(C(=O)c2ccnc(Cl)c2)CC1. The van der Waals surface area contributed by atoms with E-state index in [0.29, 0.717) is 31.7 Å². The van der Waals surface area contributed by atoms with Crippen LogP contribution < -0.4 is 0 Å². The van der Waals surface area contributed by atoms with Crippen LogP contribution in [0.3, 0.4) is 0 Å². The van der Waals surface area contributed by atoms with Gasteiger partial charge in [0.15, 0.2) is 0 Å². The number of hydrogen-bond acceptors (Lipinski definition) is 4. The molecule has 0 spiro atoms. The van der Waals surface area contributed by atoms with Crippen molar-refractivity contribution in [2.24, 2.45) is 0 Å². The number of rotatable bonds is 2. The fourth-order valence-electron chi connectivity index (χ4n) is 2.11. The predicted octanol–water partition coefficient (Wildman–Crippen LogP) is 0.400. The average Bonchev–Trinajstić information content (AvgIpc) is 2.46. The summed E-state index contributed by atoms with van der Waals surface area (Å²) in [6.45, 7) is 3.18. The molecule has 6 nitrogen and oxygen atoms in total. The quantitative estimate of drug-likeness (QED) is 0.802. The van der Waals surface area contributed by atoms with Gasteiger partial charge in [0.05, 0.1) is 0 Å². The molecular formula is C13H16ClN3O3. The first kappa shape index (κ1) is 14.7. The summed E-state index contributed by atoms with van der Waals surface area (Å²) in [6.07, 6.45) is 0.485. The zero-order chi connectivity index (χ0) is 14.7. The Bertz CT molecular complexity index is 513. The molecule has 1 N–H and O–H groups in total. The molecule has 7 heteroatoms. The zero-order valence-corrected chi connectivity index (χ0v) is 11.9. The van der Waals surface area contributed by atoms with Crippen LogP contribution in [-0.4, -0.2) is 64.0 Å². The lowest BCUT2D eigenvalue weighted by Gasteiger charge is -2.35. The van der Waals surface area contributed by atoms with Gasteiger partial charge in [0.25, 0.3) is 11.8 Å². The molecule has 0 aromatic carbocycles. The summed E-state index contributed by atoms with van der Waals surface area (Å²) in [7, 11) is 0. The third-order valence-electron chi connectivity index (χ3n) is 3.21. The molecule has 0 aliphatic carbocycles. The molecular weight excluding hydrogens is 282 g/mol. The van der Waals surface area contributed by atoms with Crippen LogP contribution in [0.2, 0.25) is 5.15 Å². The van der Waals surface area contributed by atoms with Gasteiger partial charge in [0.2, 0.25) is 0 Å². The summed E-state index contributed by atoms with van der Waals surface area (Å²) in [6, 6.07) is 3.14. The van der Waals surface area contributed by atoms with Crippen LogP contribution in [-0.2, 0) is 4.79 Å². The van der Waals surface area contributed by atoms with Gasteiger partial charge in [0, 0.05) is 37.9 Å². The van der Waals surface area contributed by atoms with Gasteiger partial charge in [-0.3, -0.25) is 9.59 Å². The minimum atomic E-state index is -1.00. The molecule has 1 aromatic heterocycles. The van der Waals surface area contributed by atoms with Crippen molar-refractivity contribution >= 4 is 23.4 Å². The molecule has 0 saturated carbocycles. The van der Waals surface area contributed by atoms with Crippen molar-refractivity contribution < 1.29 is 14.7 Å². The number of nitrogens with zero attached hydrogens (tertiary/aromatic N) is 3. The fraction of sp³-hybridized carbons (Fsp3) is 0.462. The molecule has 2 amide bonds. The lowest BCUT2D eigenvalue weighted by molar-refractivity contribution is -0.140. The lowest BCUT2D eigenvalue weighted by atomic mass is 10.2. The minimum absolute atomic E-state index is 0.126. The number of aromatic nitrogens is 1. The van der Waals surface area contributed by atoms with Crippen LogP contribution in [0.4, 0.5) is 0 Å². The van der Waals surface area contributed by atoms with E-state index in [2.05, 4.69) is 4.98 Å². The normalized spacial score (nSPS) is 16.9. The highest BCUT2D eigenvalue weighted by molar-refractivity contribution is 6.29. The van der Waals surface area contributed by atoms with Crippen molar-refractivity contribution in [1.82, 2.24) is 14.8 Å². The largest absolute Gasteiger partial charge is 0.384 e. The van der Waals surface area contributed by atoms with Crippen molar-refractivity contribution in [2.45, 2.75) is 13.0 Å². The molecule has 2 rings (SSSR count). The standard InChI is InChI=1S/C13H16ClN3O3/c1-9(18)12(19)16-4-6-17(7-5-16)13(20)10-2-3-15-11(14)8-10/h2-3,8-9,18H,4-7H2,1H3/t9-/m0/s1. The van der Waals surface area contributed by atoms with Crippen molar-refractivity contribution in [3.05, 3.63) is 29.0 Å². The number of aliphatic hydroxyl groups is 1. The second kappa shape index (κ2) is 6.19. The molecule has 1 aliphatic heterocycles. The smallest absolute Gasteiger partial charge is 0.254 e. The van der Waals surface area contributed by atoms with Gasteiger partial charge < -0.3 is 14.9 Å². The second-order valence-corrected chi connectivity index (χ2v) is 5.05. The minimum Gasteiger partial charge on any atom is -0.384 e. The van der Waals surface area contributed by atoms with Crippen molar-refractivity contribution in [2.75, 3.05) is 26.2 Å². The van der Waals surface area contributed by atoms with Crippen LogP contribution in [0, 0.1) is 0 Å². The van der Waals surface area contributed by atoms with Crippen molar-refractivity contribution in [1.29, 1.82) is 0 Å². The van der Waals surface area contributed by atoms with Crippen LogP contribution in [0.5, 0.6) is 0 Å². The lowest BCUT2D eigenvalue weighted by Crippen LogP contribution is -2.52. The molecule has 0 bridgehead atoms. The Hall–Kier alpha value is -1.66. The third kappa shape index (κ3) is 3.26. The molecule has 1 saturated heterocycles. The summed E-state index contributed by atoms with van der Waals surface area (Å²) in [4.78, 5) is 30.9. The zero-order valence-electron chi connectivity index (χ0n) is 11.1. The van der Waals surface area contributed by atoms with Crippen molar-refractivity contribution in [3.8, 4) is 0 Å². The third-order valence-corrected chi connectivity index (χ3v) is 3.42. The van der Waals surface area contributed by atoms with E-state index in [1.807, 2.05) is 0 Å². The van der Waals surface area contributed by atoms with Crippen molar-refractivity contribution in [3.63, 3.8) is 0 Å². The summed E-state index contributed by atoms with van der Waals surface area (Å²) in [5, 5.41) is 9.54. The maximum absolute atomic E-state index is 12.2. The number of carbonyl (C=O) groups excluding carboxylic acids is 2. The maximum Gasteiger partial charge on any atom is 0.254 e. The van der Waals surface area contributed by atoms with Crippen LogP contribution >= 0.6 is 11.6 Å². The highest BCUT2D eigenvalue weighted by atomic mass is 35.5. The highest BCUT2D eigenvalue weighted by Gasteiger charge is 2.26. The Labute approximate surface area is 122 Å². The molecule has 2 heterocycles.